The molecule has 3 aromatic rings. The van der Waals surface area contributed by atoms with Gasteiger partial charge in [-0.2, -0.15) is 0 Å². The van der Waals surface area contributed by atoms with Crippen molar-refractivity contribution >= 4 is 11.6 Å². The van der Waals surface area contributed by atoms with Crippen molar-refractivity contribution in [1.29, 1.82) is 0 Å². The van der Waals surface area contributed by atoms with Crippen LogP contribution >= 0.6 is 0 Å². The van der Waals surface area contributed by atoms with Gasteiger partial charge in [-0.3, -0.25) is 4.79 Å². The van der Waals surface area contributed by atoms with Gasteiger partial charge in [0.2, 0.25) is 0 Å². The summed E-state index contributed by atoms with van der Waals surface area (Å²) >= 11 is 0. The first-order chi connectivity index (χ1) is 13.0. The number of benzene rings is 1. The normalized spacial score (nSPS) is 20.0. The summed E-state index contributed by atoms with van der Waals surface area (Å²) in [6.07, 6.45) is 4.58. The fraction of sp³-hybridized carbons (Fsp3) is 0.333. The molecule has 1 aliphatic carbocycles. The molecule has 4 rings (SSSR count). The number of carbonyl (C=O) groups is 1. The van der Waals surface area contributed by atoms with Gasteiger partial charge in [0.25, 0.3) is 5.91 Å². The fourth-order valence-electron chi connectivity index (χ4n) is 3.67. The largest absolute Gasteiger partial charge is 0.393 e. The molecule has 1 aromatic carbocycles. The molecule has 1 amide bonds. The molecule has 1 fully saturated rings. The van der Waals surface area contributed by atoms with Crippen LogP contribution in [0.2, 0.25) is 0 Å². The van der Waals surface area contributed by atoms with Gasteiger partial charge in [0.05, 0.1) is 17.4 Å². The van der Waals surface area contributed by atoms with Crippen molar-refractivity contribution in [2.24, 2.45) is 0 Å². The van der Waals surface area contributed by atoms with Crippen molar-refractivity contribution in [3.63, 3.8) is 0 Å². The average Bonchev–Trinajstić information content (AvgIpc) is 3.09. The molecule has 1 aliphatic rings. The summed E-state index contributed by atoms with van der Waals surface area (Å²) in [7, 11) is 0. The van der Waals surface area contributed by atoms with Crippen LogP contribution in [0.25, 0.3) is 16.9 Å². The van der Waals surface area contributed by atoms with E-state index in [1.807, 2.05) is 23.6 Å². The van der Waals surface area contributed by atoms with E-state index in [1.54, 1.807) is 18.2 Å². The van der Waals surface area contributed by atoms with E-state index in [0.29, 0.717) is 29.7 Å². The highest BCUT2D eigenvalue weighted by Crippen LogP contribution is 2.23. The van der Waals surface area contributed by atoms with E-state index < -0.39 is 0 Å². The number of amides is 1. The summed E-state index contributed by atoms with van der Waals surface area (Å²) in [5.74, 6) is -0.445. The third-order valence-electron chi connectivity index (χ3n) is 5.23. The highest BCUT2D eigenvalue weighted by molar-refractivity contribution is 6.00. The van der Waals surface area contributed by atoms with Crippen molar-refractivity contribution in [3.05, 3.63) is 59.7 Å². The third kappa shape index (κ3) is 3.57. The number of rotatable bonds is 3. The van der Waals surface area contributed by atoms with E-state index in [2.05, 4.69) is 10.3 Å². The zero-order valence-electron chi connectivity index (χ0n) is 15.2. The van der Waals surface area contributed by atoms with Crippen LogP contribution in [0.1, 0.15) is 41.7 Å². The first kappa shape index (κ1) is 17.7. The number of nitrogens with one attached hydrogen (secondary N) is 1. The van der Waals surface area contributed by atoms with Crippen LogP contribution in [0.5, 0.6) is 0 Å². The van der Waals surface area contributed by atoms with E-state index in [1.165, 1.54) is 12.1 Å². The molecule has 0 atom stereocenters. The first-order valence-corrected chi connectivity index (χ1v) is 9.25. The standard InChI is InChI=1S/C21H22FN3O2/c1-13-12-19(14-2-4-15(22)5-3-14)24-20-18(10-11-25(13)20)21(27)23-16-6-8-17(26)9-7-16/h2-5,10-12,16-17,26H,6-9H2,1H3,(H,23,27)/t16-,17-. The van der Waals surface area contributed by atoms with Gasteiger partial charge in [-0.25, -0.2) is 9.37 Å². The number of carbonyl (C=O) groups excluding carboxylic acids is 1. The van der Waals surface area contributed by atoms with E-state index >= 15 is 0 Å². The molecule has 2 N–H and O–H groups in total. The van der Waals surface area contributed by atoms with Crippen LogP contribution in [0.15, 0.2) is 42.6 Å². The fourth-order valence-corrected chi connectivity index (χ4v) is 3.67. The molecule has 1 saturated carbocycles. The zero-order chi connectivity index (χ0) is 19.0. The maximum atomic E-state index is 13.2. The number of aromatic nitrogens is 2. The Hall–Kier alpha value is -2.73. The number of hydrogen-bond donors (Lipinski definition) is 2. The first-order valence-electron chi connectivity index (χ1n) is 9.25. The molecule has 0 radical (unpaired) electrons. The highest BCUT2D eigenvalue weighted by Gasteiger charge is 2.23. The van der Waals surface area contributed by atoms with Gasteiger partial charge in [0.15, 0.2) is 0 Å². The molecule has 0 spiro atoms. The lowest BCUT2D eigenvalue weighted by Crippen LogP contribution is -2.38. The molecule has 2 aromatic heterocycles. The minimum absolute atomic E-state index is 0.0808. The molecular weight excluding hydrogens is 345 g/mol. The van der Waals surface area contributed by atoms with Crippen LogP contribution in [0, 0.1) is 12.7 Å². The lowest BCUT2D eigenvalue weighted by atomic mass is 9.93. The van der Waals surface area contributed by atoms with Crippen molar-refractivity contribution in [1.82, 2.24) is 14.7 Å². The third-order valence-corrected chi connectivity index (χ3v) is 5.23. The quantitative estimate of drug-likeness (QED) is 0.745. The number of nitrogens with zero attached hydrogens (tertiary/aromatic N) is 2. The molecule has 0 bridgehead atoms. The maximum absolute atomic E-state index is 13.2. The molecule has 0 unspecified atom stereocenters. The van der Waals surface area contributed by atoms with Crippen LogP contribution < -0.4 is 5.32 Å². The summed E-state index contributed by atoms with van der Waals surface area (Å²) in [5, 5.41) is 12.7. The molecule has 2 heterocycles. The Bertz CT molecular complexity index is 973. The summed E-state index contributed by atoms with van der Waals surface area (Å²) in [6, 6.07) is 9.95. The van der Waals surface area contributed by atoms with Gasteiger partial charge in [0.1, 0.15) is 11.5 Å². The Morgan fingerprint density at radius 3 is 2.59 bits per heavy atom. The Labute approximate surface area is 156 Å². The zero-order valence-corrected chi connectivity index (χ0v) is 15.2. The molecule has 140 valence electrons. The number of hydrogen-bond acceptors (Lipinski definition) is 3. The van der Waals surface area contributed by atoms with Gasteiger partial charge in [-0.15, -0.1) is 0 Å². The molecule has 0 saturated heterocycles. The minimum atomic E-state index is -0.295. The van der Waals surface area contributed by atoms with Gasteiger partial charge >= 0.3 is 0 Å². The summed E-state index contributed by atoms with van der Waals surface area (Å²) in [4.78, 5) is 17.5. The number of halogens is 1. The topological polar surface area (TPSA) is 66.6 Å². The second kappa shape index (κ2) is 7.12. The Morgan fingerprint density at radius 1 is 1.19 bits per heavy atom. The number of aliphatic hydroxyl groups is 1. The molecule has 0 aliphatic heterocycles. The lowest BCUT2D eigenvalue weighted by Gasteiger charge is -2.26. The van der Waals surface area contributed by atoms with E-state index in [-0.39, 0.29) is 23.9 Å². The number of aliphatic hydroxyl groups excluding tert-OH is 1. The predicted molar refractivity (Wildman–Crippen MR) is 101 cm³/mol. The smallest absolute Gasteiger partial charge is 0.255 e. The van der Waals surface area contributed by atoms with Crippen molar-refractivity contribution in [2.75, 3.05) is 0 Å². The van der Waals surface area contributed by atoms with Crippen molar-refractivity contribution in [2.45, 2.75) is 44.8 Å². The molecule has 6 heteroatoms. The molecule has 27 heavy (non-hydrogen) atoms. The number of aryl methyl sites for hydroxylation is 1. The summed E-state index contributed by atoms with van der Waals surface area (Å²) in [6.45, 7) is 1.95. The van der Waals surface area contributed by atoms with Crippen LogP contribution in [0.3, 0.4) is 0 Å². The second-order valence-corrected chi connectivity index (χ2v) is 7.19. The van der Waals surface area contributed by atoms with Gasteiger partial charge < -0.3 is 14.8 Å². The SMILES string of the molecule is Cc1cc(-c2ccc(F)cc2)nc2c(C(=O)N[C@H]3CC[C@H](O)CC3)ccn12. The Kier molecular flexibility index (Phi) is 4.66. The van der Waals surface area contributed by atoms with Crippen LogP contribution in [-0.2, 0) is 0 Å². The van der Waals surface area contributed by atoms with Gasteiger partial charge in [-0.1, -0.05) is 0 Å². The Morgan fingerprint density at radius 2 is 1.89 bits per heavy atom. The van der Waals surface area contributed by atoms with E-state index in [0.717, 1.165) is 24.1 Å². The highest BCUT2D eigenvalue weighted by atomic mass is 19.1. The van der Waals surface area contributed by atoms with Crippen LogP contribution in [0.4, 0.5) is 4.39 Å². The average molecular weight is 367 g/mol. The summed E-state index contributed by atoms with van der Waals surface area (Å²) < 4.78 is 15.1. The number of fused-ring (bicyclic) bond motifs is 1. The monoisotopic (exact) mass is 367 g/mol. The Balaban J connectivity index is 1.65. The van der Waals surface area contributed by atoms with Crippen LogP contribution in [-0.4, -0.2) is 32.5 Å². The maximum Gasteiger partial charge on any atom is 0.255 e. The lowest BCUT2D eigenvalue weighted by molar-refractivity contribution is 0.0869. The second-order valence-electron chi connectivity index (χ2n) is 7.19. The summed E-state index contributed by atoms with van der Waals surface area (Å²) in [5.41, 5.74) is 3.55. The van der Waals surface area contributed by atoms with E-state index in [4.69, 9.17) is 0 Å². The van der Waals surface area contributed by atoms with Crippen molar-refractivity contribution in [3.8, 4) is 11.3 Å². The van der Waals surface area contributed by atoms with Gasteiger partial charge in [-0.05, 0) is 69.0 Å². The van der Waals surface area contributed by atoms with Gasteiger partial charge in [0, 0.05) is 23.5 Å². The molecule has 5 nitrogen and oxygen atoms in total. The minimum Gasteiger partial charge on any atom is -0.393 e. The molecular formula is C21H22FN3O2. The van der Waals surface area contributed by atoms with E-state index in [9.17, 15) is 14.3 Å². The predicted octanol–water partition coefficient (Wildman–Crippen LogP) is 3.48. The van der Waals surface area contributed by atoms with Crippen molar-refractivity contribution < 1.29 is 14.3 Å².